The van der Waals surface area contributed by atoms with Gasteiger partial charge in [0, 0.05) is 40.6 Å². The van der Waals surface area contributed by atoms with Crippen LogP contribution in [0.2, 0.25) is 0 Å². The fourth-order valence-electron chi connectivity index (χ4n) is 2.42. The van der Waals surface area contributed by atoms with Gasteiger partial charge in [0.25, 0.3) is 0 Å². The lowest BCUT2D eigenvalue weighted by Crippen LogP contribution is -2.54. The third-order valence-electron chi connectivity index (χ3n) is 3.81. The molecule has 0 aliphatic carbocycles. The van der Waals surface area contributed by atoms with Crippen LogP contribution in [0.15, 0.2) is 29.2 Å². The first-order valence-corrected chi connectivity index (χ1v) is 8.30. The summed E-state index contributed by atoms with van der Waals surface area (Å²) in [7, 11) is -1.01. The van der Waals surface area contributed by atoms with Gasteiger partial charge < -0.3 is 4.74 Å². The smallest absolute Gasteiger partial charge is 0.182 e. The number of ether oxygens (including phenoxy) is 1. The van der Waals surface area contributed by atoms with Gasteiger partial charge in [0.05, 0.1) is 18.8 Å². The maximum Gasteiger partial charge on any atom is 0.182 e. The zero-order chi connectivity index (χ0) is 14.8. The highest BCUT2D eigenvalue weighted by Crippen LogP contribution is 2.22. The van der Waals surface area contributed by atoms with Crippen molar-refractivity contribution in [1.29, 1.82) is 0 Å². The molecule has 1 unspecified atom stereocenters. The Hall–Kier alpha value is -1.04. The van der Waals surface area contributed by atoms with E-state index in [0.717, 1.165) is 18.0 Å². The van der Waals surface area contributed by atoms with E-state index < -0.39 is 16.3 Å². The topological polar surface area (TPSA) is 46.6 Å². The van der Waals surface area contributed by atoms with Gasteiger partial charge in [-0.05, 0) is 26.0 Å². The Labute approximate surface area is 122 Å². The van der Waals surface area contributed by atoms with Crippen LogP contribution in [0.1, 0.15) is 24.2 Å². The van der Waals surface area contributed by atoms with Gasteiger partial charge >= 0.3 is 0 Å². The molecule has 1 atom stereocenters. The first kappa shape index (κ1) is 15.4. The molecule has 0 spiro atoms. The summed E-state index contributed by atoms with van der Waals surface area (Å²) in [6.45, 7) is 6.79. The van der Waals surface area contributed by atoms with Gasteiger partial charge in [-0.15, -0.1) is 0 Å². The predicted molar refractivity (Wildman–Crippen MR) is 79.6 cm³/mol. The zero-order valence-corrected chi connectivity index (χ0v) is 13.0. The molecule has 1 heterocycles. The Morgan fingerprint density at radius 2 is 1.75 bits per heavy atom. The number of nitrogens with zero attached hydrogens (tertiary/aromatic N) is 1. The summed E-state index contributed by atoms with van der Waals surface area (Å²) >= 11 is 0. The lowest BCUT2D eigenvalue weighted by molar-refractivity contribution is -0.00430. The molecule has 0 N–H and O–H groups in total. The predicted octanol–water partition coefficient (Wildman–Crippen LogP) is 1.72. The number of ketones is 1. The highest BCUT2D eigenvalue weighted by Gasteiger charge is 2.35. The van der Waals surface area contributed by atoms with E-state index in [2.05, 4.69) is 4.90 Å². The van der Waals surface area contributed by atoms with Gasteiger partial charge in [0.15, 0.2) is 5.78 Å². The number of rotatable bonds is 4. The van der Waals surface area contributed by atoms with E-state index in [9.17, 15) is 9.00 Å². The number of benzene rings is 1. The fraction of sp³-hybridized carbons (Fsp3) is 0.533. The maximum absolute atomic E-state index is 12.7. The highest BCUT2D eigenvalue weighted by atomic mass is 32.2. The van der Waals surface area contributed by atoms with Crippen LogP contribution < -0.4 is 0 Å². The average molecular weight is 295 g/mol. The lowest BCUT2D eigenvalue weighted by Gasteiger charge is -2.39. The van der Waals surface area contributed by atoms with Gasteiger partial charge in [-0.1, -0.05) is 12.1 Å². The van der Waals surface area contributed by atoms with Gasteiger partial charge in [-0.3, -0.25) is 13.9 Å². The Kier molecular flexibility index (Phi) is 4.73. The largest absolute Gasteiger partial charge is 0.379 e. The summed E-state index contributed by atoms with van der Waals surface area (Å²) in [5.41, 5.74) is 0.118. The van der Waals surface area contributed by atoms with E-state index in [-0.39, 0.29) is 5.78 Å². The monoisotopic (exact) mass is 295 g/mol. The number of carbonyl (C=O) groups excluding carboxylic acids is 1. The van der Waals surface area contributed by atoms with Crippen molar-refractivity contribution >= 4 is 16.6 Å². The molecule has 20 heavy (non-hydrogen) atoms. The van der Waals surface area contributed by atoms with Crippen molar-refractivity contribution in [1.82, 2.24) is 4.90 Å². The zero-order valence-electron chi connectivity index (χ0n) is 12.2. The minimum atomic E-state index is -1.01. The Morgan fingerprint density at radius 3 is 2.25 bits per heavy atom. The van der Waals surface area contributed by atoms with E-state index in [4.69, 9.17) is 4.74 Å². The molecule has 0 bridgehead atoms. The van der Waals surface area contributed by atoms with Crippen molar-refractivity contribution in [3.05, 3.63) is 29.8 Å². The van der Waals surface area contributed by atoms with Crippen molar-refractivity contribution < 1.29 is 13.7 Å². The summed E-state index contributed by atoms with van der Waals surface area (Å²) in [6.07, 6.45) is 1.63. The lowest BCUT2D eigenvalue weighted by atomic mass is 9.91. The van der Waals surface area contributed by atoms with Crippen molar-refractivity contribution in [3.63, 3.8) is 0 Å². The SMILES string of the molecule is CS(=O)c1ccc(C(=O)C(C)(C)N2CCOCC2)cc1. The summed E-state index contributed by atoms with van der Waals surface area (Å²) in [5, 5.41) is 0. The Bertz CT molecular complexity index is 504. The number of hydrogen-bond donors (Lipinski definition) is 0. The number of carbonyl (C=O) groups is 1. The van der Waals surface area contributed by atoms with Crippen molar-refractivity contribution in [3.8, 4) is 0 Å². The minimum Gasteiger partial charge on any atom is -0.379 e. The van der Waals surface area contributed by atoms with Gasteiger partial charge in [0.1, 0.15) is 0 Å². The molecule has 1 aromatic rings. The van der Waals surface area contributed by atoms with E-state index in [1.165, 1.54) is 0 Å². The first-order chi connectivity index (χ1) is 9.43. The van der Waals surface area contributed by atoms with Crippen LogP contribution in [0.5, 0.6) is 0 Å². The summed E-state index contributed by atoms with van der Waals surface area (Å²) in [5.74, 6) is 0.0906. The van der Waals surface area contributed by atoms with Crippen molar-refractivity contribution in [2.45, 2.75) is 24.3 Å². The molecule has 1 aliphatic heterocycles. The van der Waals surface area contributed by atoms with Crippen LogP contribution in [-0.2, 0) is 15.5 Å². The normalized spacial score (nSPS) is 18.8. The molecule has 110 valence electrons. The number of hydrogen-bond acceptors (Lipinski definition) is 4. The molecule has 1 saturated heterocycles. The second kappa shape index (κ2) is 6.16. The van der Waals surface area contributed by atoms with Gasteiger partial charge in [0.2, 0.25) is 0 Å². The Balaban J connectivity index is 2.18. The highest BCUT2D eigenvalue weighted by molar-refractivity contribution is 7.84. The molecule has 5 heteroatoms. The molecule has 0 radical (unpaired) electrons. The molecule has 1 aliphatic rings. The molecule has 0 aromatic heterocycles. The summed E-state index contributed by atoms with van der Waals surface area (Å²) in [6, 6.07) is 7.06. The molecule has 1 fully saturated rings. The molecular formula is C15H21NO3S. The van der Waals surface area contributed by atoms with E-state index in [1.807, 2.05) is 13.8 Å². The van der Waals surface area contributed by atoms with Crippen LogP contribution in [0.3, 0.4) is 0 Å². The fourth-order valence-corrected chi connectivity index (χ4v) is 2.94. The molecule has 4 nitrogen and oxygen atoms in total. The van der Waals surface area contributed by atoms with Crippen molar-refractivity contribution in [2.75, 3.05) is 32.6 Å². The molecule has 0 saturated carbocycles. The maximum atomic E-state index is 12.7. The first-order valence-electron chi connectivity index (χ1n) is 6.74. The standard InChI is InChI=1S/C15H21NO3S/c1-15(2,16-8-10-19-11-9-16)14(17)12-4-6-13(7-5-12)20(3)18/h4-7H,8-11H2,1-3H3. The van der Waals surface area contributed by atoms with Crippen LogP contribution >= 0.6 is 0 Å². The number of morpholine rings is 1. The number of Topliss-reactive ketones (excluding diaryl/α,β-unsaturated/α-hetero) is 1. The van der Waals surface area contributed by atoms with Gasteiger partial charge in [-0.2, -0.15) is 0 Å². The van der Waals surface area contributed by atoms with Crippen LogP contribution in [0.25, 0.3) is 0 Å². The molecule has 2 rings (SSSR count). The second-order valence-corrected chi connectivity index (χ2v) is 6.85. The van der Waals surface area contributed by atoms with E-state index in [0.29, 0.717) is 18.8 Å². The molecule has 0 amide bonds. The molecule has 1 aromatic carbocycles. The van der Waals surface area contributed by atoms with E-state index >= 15 is 0 Å². The second-order valence-electron chi connectivity index (χ2n) is 5.47. The Morgan fingerprint density at radius 1 is 1.20 bits per heavy atom. The molecular weight excluding hydrogens is 274 g/mol. The summed E-state index contributed by atoms with van der Waals surface area (Å²) < 4.78 is 16.7. The average Bonchev–Trinajstić information content (AvgIpc) is 2.47. The van der Waals surface area contributed by atoms with Crippen molar-refractivity contribution in [2.24, 2.45) is 0 Å². The van der Waals surface area contributed by atoms with Gasteiger partial charge in [-0.25, -0.2) is 0 Å². The summed E-state index contributed by atoms with van der Waals surface area (Å²) in [4.78, 5) is 15.6. The quantitative estimate of drug-likeness (QED) is 0.794. The third-order valence-corrected chi connectivity index (χ3v) is 4.74. The van der Waals surface area contributed by atoms with E-state index in [1.54, 1.807) is 30.5 Å². The van der Waals surface area contributed by atoms with Crippen LogP contribution in [-0.4, -0.2) is 53.0 Å². The van der Waals surface area contributed by atoms with Crippen LogP contribution in [0.4, 0.5) is 0 Å². The minimum absolute atomic E-state index is 0.0906. The third kappa shape index (κ3) is 3.16. The van der Waals surface area contributed by atoms with Crippen LogP contribution in [0, 0.1) is 0 Å².